The first-order valence-electron chi connectivity index (χ1n) is 6.74. The van der Waals surface area contributed by atoms with Gasteiger partial charge >= 0.3 is 0 Å². The summed E-state index contributed by atoms with van der Waals surface area (Å²) < 4.78 is 5.32. The fraction of sp³-hybridized carbons (Fsp3) is 0.267. The number of aryl methyl sites for hydroxylation is 1. The molecule has 0 atom stereocenters. The molecule has 2 N–H and O–H groups in total. The molecule has 2 aromatic heterocycles. The molecule has 0 radical (unpaired) electrons. The number of nitrogens with zero attached hydrogens (tertiary/aromatic N) is 3. The van der Waals surface area contributed by atoms with E-state index < -0.39 is 0 Å². The topological polar surface area (TPSA) is 77.8 Å². The Bertz CT molecular complexity index is 735. The van der Waals surface area contributed by atoms with Gasteiger partial charge in [-0.25, -0.2) is 4.98 Å². The van der Waals surface area contributed by atoms with Crippen LogP contribution in [-0.4, -0.2) is 15.1 Å². The van der Waals surface area contributed by atoms with Crippen LogP contribution in [0.15, 0.2) is 34.2 Å². The van der Waals surface area contributed by atoms with Crippen LogP contribution in [0.2, 0.25) is 0 Å². The second kappa shape index (κ2) is 6.15. The molecular formula is C15H16N4OS. The highest BCUT2D eigenvalue weighted by atomic mass is 32.1. The molecule has 0 saturated heterocycles. The largest absolute Gasteiger partial charge is 0.339 e. The van der Waals surface area contributed by atoms with Crippen molar-refractivity contribution in [3.63, 3.8) is 0 Å². The lowest BCUT2D eigenvalue weighted by Crippen LogP contribution is -2.02. The molecule has 6 heteroatoms. The van der Waals surface area contributed by atoms with Crippen LogP contribution < -0.4 is 5.73 Å². The Labute approximate surface area is 126 Å². The number of hydrogen-bond acceptors (Lipinski definition) is 6. The summed E-state index contributed by atoms with van der Waals surface area (Å²) >= 11 is 1.61. The summed E-state index contributed by atoms with van der Waals surface area (Å²) in [6.07, 6.45) is 1.22. The van der Waals surface area contributed by atoms with Crippen LogP contribution in [-0.2, 0) is 19.4 Å². The summed E-state index contributed by atoms with van der Waals surface area (Å²) in [7, 11) is 0. The third-order valence-electron chi connectivity index (χ3n) is 3.17. The number of rotatable bonds is 5. The molecule has 0 spiro atoms. The zero-order valence-corrected chi connectivity index (χ0v) is 12.6. The molecule has 2 heterocycles. The average Bonchev–Trinajstić information content (AvgIpc) is 3.09. The van der Waals surface area contributed by atoms with Crippen LogP contribution in [0.3, 0.4) is 0 Å². The third kappa shape index (κ3) is 3.34. The highest BCUT2D eigenvalue weighted by molar-refractivity contribution is 7.09. The molecule has 0 fully saturated rings. The molecular weight excluding hydrogens is 284 g/mol. The molecule has 0 amide bonds. The van der Waals surface area contributed by atoms with Crippen molar-refractivity contribution in [1.82, 2.24) is 15.1 Å². The number of thiazole rings is 1. The SMILES string of the molecule is Cc1csc(Cc2noc(Cc3ccccc3CN)n2)n1. The van der Waals surface area contributed by atoms with Gasteiger partial charge in [0.2, 0.25) is 5.89 Å². The molecule has 0 aliphatic carbocycles. The van der Waals surface area contributed by atoms with Gasteiger partial charge in [-0.3, -0.25) is 0 Å². The van der Waals surface area contributed by atoms with Gasteiger partial charge in [0, 0.05) is 17.6 Å². The van der Waals surface area contributed by atoms with Crippen molar-refractivity contribution in [3.05, 3.63) is 63.2 Å². The Morgan fingerprint density at radius 1 is 1.14 bits per heavy atom. The molecule has 108 valence electrons. The summed E-state index contributed by atoms with van der Waals surface area (Å²) in [5.74, 6) is 1.28. The third-order valence-corrected chi connectivity index (χ3v) is 4.13. The van der Waals surface area contributed by atoms with Gasteiger partial charge < -0.3 is 10.3 Å². The van der Waals surface area contributed by atoms with Crippen LogP contribution in [0.1, 0.15) is 33.5 Å². The van der Waals surface area contributed by atoms with Crippen molar-refractivity contribution in [2.45, 2.75) is 26.3 Å². The van der Waals surface area contributed by atoms with E-state index in [9.17, 15) is 0 Å². The van der Waals surface area contributed by atoms with Gasteiger partial charge in [0.15, 0.2) is 5.82 Å². The second-order valence-corrected chi connectivity index (χ2v) is 5.76. The molecule has 5 nitrogen and oxygen atoms in total. The maximum Gasteiger partial charge on any atom is 0.231 e. The van der Waals surface area contributed by atoms with E-state index in [1.54, 1.807) is 11.3 Å². The number of hydrogen-bond donors (Lipinski definition) is 1. The van der Waals surface area contributed by atoms with Gasteiger partial charge in [-0.15, -0.1) is 11.3 Å². The van der Waals surface area contributed by atoms with E-state index in [0.29, 0.717) is 31.1 Å². The average molecular weight is 300 g/mol. The van der Waals surface area contributed by atoms with E-state index >= 15 is 0 Å². The zero-order valence-electron chi connectivity index (χ0n) is 11.7. The van der Waals surface area contributed by atoms with E-state index in [-0.39, 0.29) is 0 Å². The smallest absolute Gasteiger partial charge is 0.231 e. The minimum absolute atomic E-state index is 0.509. The number of benzene rings is 1. The Kier molecular flexibility index (Phi) is 4.08. The maximum absolute atomic E-state index is 5.74. The van der Waals surface area contributed by atoms with E-state index in [2.05, 4.69) is 15.1 Å². The molecule has 3 aromatic rings. The minimum Gasteiger partial charge on any atom is -0.339 e. The van der Waals surface area contributed by atoms with E-state index in [4.69, 9.17) is 10.3 Å². The van der Waals surface area contributed by atoms with Gasteiger partial charge in [-0.2, -0.15) is 4.98 Å². The van der Waals surface area contributed by atoms with Crippen LogP contribution in [0.5, 0.6) is 0 Å². The summed E-state index contributed by atoms with van der Waals surface area (Å²) in [4.78, 5) is 8.84. The molecule has 0 aliphatic heterocycles. The fourth-order valence-electron chi connectivity index (χ4n) is 2.14. The van der Waals surface area contributed by atoms with Crippen molar-refractivity contribution in [3.8, 4) is 0 Å². The lowest BCUT2D eigenvalue weighted by Gasteiger charge is -2.03. The highest BCUT2D eigenvalue weighted by Gasteiger charge is 2.11. The predicted octanol–water partition coefficient (Wildman–Crippen LogP) is 2.47. The van der Waals surface area contributed by atoms with E-state index in [1.165, 1.54) is 0 Å². The molecule has 0 saturated carbocycles. The lowest BCUT2D eigenvalue weighted by molar-refractivity contribution is 0.380. The van der Waals surface area contributed by atoms with Gasteiger partial charge in [0.05, 0.1) is 12.8 Å². The molecule has 0 aliphatic rings. The number of nitrogens with two attached hydrogens (primary N) is 1. The van der Waals surface area contributed by atoms with Gasteiger partial charge in [-0.1, -0.05) is 29.4 Å². The summed E-state index contributed by atoms with van der Waals surface area (Å²) in [5, 5.41) is 7.05. The van der Waals surface area contributed by atoms with Crippen molar-refractivity contribution in [2.75, 3.05) is 0 Å². The summed E-state index contributed by atoms with van der Waals surface area (Å²) in [5.41, 5.74) is 8.99. The minimum atomic E-state index is 0.509. The maximum atomic E-state index is 5.74. The van der Waals surface area contributed by atoms with Crippen molar-refractivity contribution in [1.29, 1.82) is 0 Å². The Morgan fingerprint density at radius 3 is 2.67 bits per heavy atom. The van der Waals surface area contributed by atoms with Crippen molar-refractivity contribution < 1.29 is 4.52 Å². The first-order valence-corrected chi connectivity index (χ1v) is 7.62. The normalized spacial score (nSPS) is 11.0. The lowest BCUT2D eigenvalue weighted by atomic mass is 10.0. The van der Waals surface area contributed by atoms with Gasteiger partial charge in [-0.05, 0) is 18.1 Å². The van der Waals surface area contributed by atoms with Gasteiger partial charge in [0.1, 0.15) is 5.01 Å². The highest BCUT2D eigenvalue weighted by Crippen LogP contribution is 2.15. The zero-order chi connectivity index (χ0) is 14.7. The van der Waals surface area contributed by atoms with E-state index in [0.717, 1.165) is 21.8 Å². The van der Waals surface area contributed by atoms with E-state index in [1.807, 2.05) is 36.6 Å². The predicted molar refractivity (Wildman–Crippen MR) is 81.1 cm³/mol. The molecule has 1 aromatic carbocycles. The number of aromatic nitrogens is 3. The Balaban J connectivity index is 1.73. The van der Waals surface area contributed by atoms with Crippen LogP contribution >= 0.6 is 11.3 Å². The summed E-state index contributed by atoms with van der Waals surface area (Å²) in [6, 6.07) is 8.03. The monoisotopic (exact) mass is 300 g/mol. The van der Waals surface area contributed by atoms with Crippen LogP contribution in [0, 0.1) is 6.92 Å². The van der Waals surface area contributed by atoms with Crippen LogP contribution in [0.4, 0.5) is 0 Å². The quantitative estimate of drug-likeness (QED) is 0.783. The molecule has 3 rings (SSSR count). The Morgan fingerprint density at radius 2 is 1.95 bits per heavy atom. The Hall–Kier alpha value is -2.05. The molecule has 21 heavy (non-hydrogen) atoms. The standard InChI is InChI=1S/C15H16N4OS/c1-10-9-21-15(17-10)7-13-18-14(20-19-13)6-11-4-2-3-5-12(11)8-16/h2-5,9H,6-8,16H2,1H3. The molecule has 0 bridgehead atoms. The van der Waals surface area contributed by atoms with Crippen molar-refractivity contribution in [2.24, 2.45) is 5.73 Å². The first kappa shape index (κ1) is 13.9. The van der Waals surface area contributed by atoms with Gasteiger partial charge in [0.25, 0.3) is 0 Å². The first-order chi connectivity index (χ1) is 10.2. The van der Waals surface area contributed by atoms with Crippen molar-refractivity contribution >= 4 is 11.3 Å². The van der Waals surface area contributed by atoms with Crippen LogP contribution in [0.25, 0.3) is 0 Å². The molecule has 0 unspecified atom stereocenters. The fourth-order valence-corrected chi connectivity index (χ4v) is 2.91. The second-order valence-electron chi connectivity index (χ2n) is 4.81. The summed E-state index contributed by atoms with van der Waals surface area (Å²) in [6.45, 7) is 2.49.